The van der Waals surface area contributed by atoms with Gasteiger partial charge in [-0.05, 0) is 67.0 Å². The summed E-state index contributed by atoms with van der Waals surface area (Å²) < 4.78 is 16.5. The Morgan fingerprint density at radius 2 is 1.78 bits per heavy atom. The van der Waals surface area contributed by atoms with Crippen LogP contribution in [-0.2, 0) is 17.8 Å². The van der Waals surface area contributed by atoms with Gasteiger partial charge in [0.2, 0.25) is 5.91 Å². The third-order valence-corrected chi connectivity index (χ3v) is 6.79. The number of furan rings is 1. The van der Waals surface area contributed by atoms with Crippen LogP contribution in [0.1, 0.15) is 47.0 Å². The Morgan fingerprint density at radius 3 is 2.39 bits per heavy atom. The average Bonchev–Trinajstić information content (AvgIpc) is 3.55. The van der Waals surface area contributed by atoms with Crippen molar-refractivity contribution in [1.82, 2.24) is 9.80 Å². The van der Waals surface area contributed by atoms with Gasteiger partial charge in [-0.3, -0.25) is 9.59 Å². The standard InChI is InChI=1S/C28H36N2O5S/c1-20(2)12-14-30(28(32)26-7-6-16-36-26)19-27(31)29(18-23-10-8-21(3)35-23)15-13-22-9-11-24(33-4)25(17-22)34-5/h6-11,16-17,20H,12-15,18-19H2,1-5H3. The minimum atomic E-state index is -0.113. The lowest BCUT2D eigenvalue weighted by atomic mass is 10.1. The van der Waals surface area contributed by atoms with Gasteiger partial charge in [0.05, 0.1) is 25.6 Å². The first-order valence-corrected chi connectivity index (χ1v) is 13.1. The van der Waals surface area contributed by atoms with E-state index in [1.807, 2.05) is 48.7 Å². The fourth-order valence-corrected chi connectivity index (χ4v) is 4.53. The van der Waals surface area contributed by atoms with Gasteiger partial charge in [-0.2, -0.15) is 0 Å². The molecular weight excluding hydrogens is 476 g/mol. The van der Waals surface area contributed by atoms with Gasteiger partial charge in [-0.25, -0.2) is 0 Å². The number of methoxy groups -OCH3 is 2. The molecule has 1 aromatic carbocycles. The van der Waals surface area contributed by atoms with Crippen LogP contribution >= 0.6 is 11.3 Å². The van der Waals surface area contributed by atoms with E-state index < -0.39 is 0 Å². The van der Waals surface area contributed by atoms with Gasteiger partial charge >= 0.3 is 0 Å². The number of rotatable bonds is 13. The van der Waals surface area contributed by atoms with E-state index in [9.17, 15) is 9.59 Å². The van der Waals surface area contributed by atoms with Crippen LogP contribution in [0.5, 0.6) is 11.5 Å². The quantitative estimate of drug-likeness (QED) is 0.306. The van der Waals surface area contributed by atoms with Crippen molar-refractivity contribution in [3.63, 3.8) is 0 Å². The average molecular weight is 513 g/mol. The molecule has 0 N–H and O–H groups in total. The number of hydrogen-bond donors (Lipinski definition) is 0. The summed E-state index contributed by atoms with van der Waals surface area (Å²) in [5, 5.41) is 1.88. The minimum absolute atomic E-state index is 0.0229. The fourth-order valence-electron chi connectivity index (χ4n) is 3.84. The Kier molecular flexibility index (Phi) is 9.99. The molecule has 0 radical (unpaired) electrons. The first kappa shape index (κ1) is 27.3. The molecule has 0 unspecified atom stereocenters. The summed E-state index contributed by atoms with van der Waals surface area (Å²) in [6.07, 6.45) is 1.45. The Hall–Kier alpha value is -3.26. The van der Waals surface area contributed by atoms with Crippen LogP contribution < -0.4 is 9.47 Å². The monoisotopic (exact) mass is 512 g/mol. The van der Waals surface area contributed by atoms with Crippen LogP contribution in [0.3, 0.4) is 0 Å². The summed E-state index contributed by atoms with van der Waals surface area (Å²) in [6, 6.07) is 13.2. The molecule has 8 heteroatoms. The van der Waals surface area contributed by atoms with Crippen LogP contribution in [0.4, 0.5) is 0 Å². The number of hydrogen-bond acceptors (Lipinski definition) is 6. The Bertz CT molecular complexity index is 1120. The highest BCUT2D eigenvalue weighted by atomic mass is 32.1. The first-order chi connectivity index (χ1) is 17.3. The molecule has 0 saturated carbocycles. The maximum Gasteiger partial charge on any atom is 0.264 e. The number of aryl methyl sites for hydroxylation is 1. The van der Waals surface area contributed by atoms with Crippen molar-refractivity contribution in [2.24, 2.45) is 5.92 Å². The van der Waals surface area contributed by atoms with Crippen LogP contribution in [0.15, 0.2) is 52.3 Å². The van der Waals surface area contributed by atoms with Crippen molar-refractivity contribution < 1.29 is 23.5 Å². The highest BCUT2D eigenvalue weighted by Crippen LogP contribution is 2.28. The summed E-state index contributed by atoms with van der Waals surface area (Å²) in [4.78, 5) is 30.8. The van der Waals surface area contributed by atoms with Gasteiger partial charge in [-0.15, -0.1) is 11.3 Å². The SMILES string of the molecule is COc1ccc(CCN(Cc2ccc(C)o2)C(=O)CN(CCC(C)C)C(=O)c2cccs2)cc1OC. The Balaban J connectivity index is 1.77. The van der Waals surface area contributed by atoms with Crippen LogP contribution in [0.2, 0.25) is 0 Å². The van der Waals surface area contributed by atoms with Gasteiger partial charge in [-0.1, -0.05) is 26.0 Å². The molecule has 0 atom stereocenters. The summed E-state index contributed by atoms with van der Waals surface area (Å²) >= 11 is 1.40. The molecule has 0 fully saturated rings. The smallest absolute Gasteiger partial charge is 0.264 e. The van der Waals surface area contributed by atoms with Crippen molar-refractivity contribution in [3.8, 4) is 11.5 Å². The number of nitrogens with zero attached hydrogens (tertiary/aromatic N) is 2. The van der Waals surface area contributed by atoms with E-state index in [0.29, 0.717) is 54.1 Å². The third-order valence-electron chi connectivity index (χ3n) is 5.94. The van der Waals surface area contributed by atoms with Crippen molar-refractivity contribution in [2.45, 2.75) is 40.2 Å². The van der Waals surface area contributed by atoms with E-state index in [1.54, 1.807) is 30.1 Å². The van der Waals surface area contributed by atoms with Gasteiger partial charge in [0.1, 0.15) is 18.1 Å². The van der Waals surface area contributed by atoms with E-state index >= 15 is 0 Å². The minimum Gasteiger partial charge on any atom is -0.493 e. The predicted octanol–water partition coefficient (Wildman–Crippen LogP) is 5.43. The Labute approximate surface area is 217 Å². The molecule has 3 aromatic rings. The molecule has 0 saturated heterocycles. The maximum atomic E-state index is 13.6. The maximum absolute atomic E-state index is 13.6. The number of carbonyl (C=O) groups excluding carboxylic acids is 2. The second-order valence-electron chi connectivity index (χ2n) is 9.15. The van der Waals surface area contributed by atoms with Crippen LogP contribution in [0.25, 0.3) is 0 Å². The number of benzene rings is 1. The lowest BCUT2D eigenvalue weighted by Crippen LogP contribution is -2.43. The lowest BCUT2D eigenvalue weighted by molar-refractivity contribution is -0.132. The first-order valence-electron chi connectivity index (χ1n) is 12.2. The number of thiophene rings is 1. The largest absolute Gasteiger partial charge is 0.493 e. The lowest BCUT2D eigenvalue weighted by Gasteiger charge is -2.27. The molecule has 7 nitrogen and oxygen atoms in total. The van der Waals surface area contributed by atoms with Gasteiger partial charge in [0.15, 0.2) is 11.5 Å². The zero-order chi connectivity index (χ0) is 26.1. The highest BCUT2D eigenvalue weighted by molar-refractivity contribution is 7.12. The van der Waals surface area contributed by atoms with Gasteiger partial charge in [0.25, 0.3) is 5.91 Å². The summed E-state index contributed by atoms with van der Waals surface area (Å²) in [5.74, 6) is 3.02. The molecule has 0 aliphatic heterocycles. The molecular formula is C28H36N2O5S. The summed E-state index contributed by atoms with van der Waals surface area (Å²) in [6.45, 7) is 7.48. The molecule has 0 spiro atoms. The van der Waals surface area contributed by atoms with Crippen LogP contribution in [-0.4, -0.2) is 55.5 Å². The van der Waals surface area contributed by atoms with Crippen LogP contribution in [0, 0.1) is 12.8 Å². The molecule has 36 heavy (non-hydrogen) atoms. The van der Waals surface area contributed by atoms with Crippen molar-refractivity contribution in [1.29, 1.82) is 0 Å². The molecule has 2 aromatic heterocycles. The molecule has 0 bridgehead atoms. The fraction of sp³-hybridized carbons (Fsp3) is 0.429. The topological polar surface area (TPSA) is 72.2 Å². The second kappa shape index (κ2) is 13.2. The zero-order valence-corrected chi connectivity index (χ0v) is 22.6. The van der Waals surface area contributed by atoms with E-state index in [2.05, 4.69) is 13.8 Å². The zero-order valence-electron chi connectivity index (χ0n) is 21.8. The van der Waals surface area contributed by atoms with E-state index in [-0.39, 0.29) is 18.4 Å². The summed E-state index contributed by atoms with van der Waals surface area (Å²) in [5.41, 5.74) is 1.02. The highest BCUT2D eigenvalue weighted by Gasteiger charge is 2.24. The number of amides is 2. The number of ether oxygens (including phenoxy) is 2. The molecule has 194 valence electrons. The van der Waals surface area contributed by atoms with Crippen molar-refractivity contribution >= 4 is 23.2 Å². The van der Waals surface area contributed by atoms with Gasteiger partial charge in [0, 0.05) is 13.1 Å². The van der Waals surface area contributed by atoms with Crippen molar-refractivity contribution in [3.05, 3.63) is 69.8 Å². The van der Waals surface area contributed by atoms with Gasteiger partial charge < -0.3 is 23.7 Å². The van der Waals surface area contributed by atoms with Crippen molar-refractivity contribution in [2.75, 3.05) is 33.9 Å². The van der Waals surface area contributed by atoms with E-state index in [0.717, 1.165) is 17.7 Å². The molecule has 0 aliphatic rings. The molecule has 0 aliphatic carbocycles. The van der Waals surface area contributed by atoms with E-state index in [1.165, 1.54) is 11.3 Å². The van der Waals surface area contributed by atoms with E-state index in [4.69, 9.17) is 13.9 Å². The molecule has 3 rings (SSSR count). The summed E-state index contributed by atoms with van der Waals surface area (Å²) in [7, 11) is 3.21. The third kappa shape index (κ3) is 7.62. The predicted molar refractivity (Wildman–Crippen MR) is 142 cm³/mol. The number of carbonyl (C=O) groups is 2. The normalized spacial score (nSPS) is 10.9. The molecule has 2 heterocycles. The Morgan fingerprint density at radius 1 is 1.00 bits per heavy atom. The molecule has 2 amide bonds. The second-order valence-corrected chi connectivity index (χ2v) is 10.1.